The number of benzene rings is 1. The van der Waals surface area contributed by atoms with Crippen molar-refractivity contribution in [1.29, 1.82) is 0 Å². The molecule has 1 fully saturated rings. The molecule has 1 atom stereocenters. The number of hydrogen-bond acceptors (Lipinski definition) is 5. The minimum Gasteiger partial charge on any atom is -0.352 e. The standard InChI is InChI=1S/C21H26ClN5O2/c1-21(2,3)19(18(28)15-4-6-16(22)7-5-15)25-20(29)27-12-10-26(11-13-27)17-14-23-8-9-24-17/h4-9,14,19H,10-13H2,1-3H3,(H,25,29). The van der Waals surface area contributed by atoms with E-state index in [9.17, 15) is 9.59 Å². The maximum Gasteiger partial charge on any atom is 0.318 e. The predicted molar refractivity (Wildman–Crippen MR) is 113 cm³/mol. The number of rotatable bonds is 4. The molecule has 1 saturated heterocycles. The molecule has 154 valence electrons. The molecule has 1 aliphatic heterocycles. The van der Waals surface area contributed by atoms with Gasteiger partial charge in [0.25, 0.3) is 0 Å². The Kier molecular flexibility index (Phi) is 6.37. The first-order valence-electron chi connectivity index (χ1n) is 9.62. The summed E-state index contributed by atoms with van der Waals surface area (Å²) >= 11 is 5.93. The quantitative estimate of drug-likeness (QED) is 0.775. The van der Waals surface area contributed by atoms with Gasteiger partial charge in [0.2, 0.25) is 0 Å². The smallest absolute Gasteiger partial charge is 0.318 e. The number of ketones is 1. The van der Waals surface area contributed by atoms with Crippen molar-refractivity contribution in [2.45, 2.75) is 26.8 Å². The number of hydrogen-bond donors (Lipinski definition) is 1. The minimum absolute atomic E-state index is 0.124. The highest BCUT2D eigenvalue weighted by Crippen LogP contribution is 2.24. The molecule has 7 nitrogen and oxygen atoms in total. The van der Waals surface area contributed by atoms with Crippen LogP contribution in [-0.4, -0.2) is 58.9 Å². The summed E-state index contributed by atoms with van der Waals surface area (Å²) in [6.45, 7) is 8.25. The van der Waals surface area contributed by atoms with Gasteiger partial charge in [-0.1, -0.05) is 32.4 Å². The maximum atomic E-state index is 13.1. The summed E-state index contributed by atoms with van der Waals surface area (Å²) in [7, 11) is 0. The van der Waals surface area contributed by atoms with Gasteiger partial charge in [-0.25, -0.2) is 9.78 Å². The molecule has 1 unspecified atom stereocenters. The van der Waals surface area contributed by atoms with E-state index >= 15 is 0 Å². The Bertz CT molecular complexity index is 844. The van der Waals surface area contributed by atoms with E-state index in [4.69, 9.17) is 11.6 Å². The van der Waals surface area contributed by atoms with Gasteiger partial charge in [-0.3, -0.25) is 9.78 Å². The second-order valence-electron chi connectivity index (χ2n) is 8.16. The van der Waals surface area contributed by atoms with Crippen LogP contribution in [0.25, 0.3) is 0 Å². The highest BCUT2D eigenvalue weighted by molar-refractivity contribution is 6.30. The Morgan fingerprint density at radius 3 is 2.28 bits per heavy atom. The number of anilines is 1. The van der Waals surface area contributed by atoms with E-state index in [-0.39, 0.29) is 11.8 Å². The Labute approximate surface area is 176 Å². The van der Waals surface area contributed by atoms with Crippen molar-refractivity contribution in [3.63, 3.8) is 0 Å². The Morgan fingerprint density at radius 1 is 1.07 bits per heavy atom. The number of carbonyl (C=O) groups excluding carboxylic acids is 2. The molecule has 0 aliphatic carbocycles. The van der Waals surface area contributed by atoms with Gasteiger partial charge in [-0.05, 0) is 29.7 Å². The normalized spacial score (nSPS) is 15.7. The van der Waals surface area contributed by atoms with Gasteiger partial charge in [0.1, 0.15) is 5.82 Å². The molecule has 0 bridgehead atoms. The third-order valence-corrected chi connectivity index (χ3v) is 5.22. The third-order valence-electron chi connectivity index (χ3n) is 4.97. The number of halogens is 1. The van der Waals surface area contributed by atoms with Gasteiger partial charge in [0, 0.05) is 49.2 Å². The van der Waals surface area contributed by atoms with Crippen LogP contribution in [0.2, 0.25) is 5.02 Å². The first-order chi connectivity index (χ1) is 13.8. The summed E-state index contributed by atoms with van der Waals surface area (Å²) < 4.78 is 0. The van der Waals surface area contributed by atoms with Crippen molar-refractivity contribution in [2.75, 3.05) is 31.1 Å². The molecule has 1 N–H and O–H groups in total. The Hall–Kier alpha value is -2.67. The van der Waals surface area contributed by atoms with Crippen LogP contribution in [0.4, 0.5) is 10.6 Å². The Balaban J connectivity index is 1.65. The topological polar surface area (TPSA) is 78.4 Å². The molecule has 0 saturated carbocycles. The monoisotopic (exact) mass is 415 g/mol. The lowest BCUT2D eigenvalue weighted by Gasteiger charge is -2.37. The first-order valence-corrected chi connectivity index (χ1v) is 9.99. The van der Waals surface area contributed by atoms with Crippen molar-refractivity contribution < 1.29 is 9.59 Å². The molecule has 29 heavy (non-hydrogen) atoms. The molecule has 0 spiro atoms. The van der Waals surface area contributed by atoms with Crippen LogP contribution in [0.15, 0.2) is 42.9 Å². The van der Waals surface area contributed by atoms with Crippen LogP contribution in [0, 0.1) is 5.41 Å². The number of aromatic nitrogens is 2. The van der Waals surface area contributed by atoms with Crippen molar-refractivity contribution in [3.05, 3.63) is 53.4 Å². The zero-order valence-electron chi connectivity index (χ0n) is 16.9. The third kappa shape index (κ3) is 5.23. The average Bonchev–Trinajstić information content (AvgIpc) is 2.72. The highest BCUT2D eigenvalue weighted by atomic mass is 35.5. The molecule has 2 heterocycles. The van der Waals surface area contributed by atoms with Crippen LogP contribution in [-0.2, 0) is 0 Å². The molecule has 2 aromatic rings. The molecular formula is C21H26ClN5O2. The van der Waals surface area contributed by atoms with E-state index in [1.54, 1.807) is 47.8 Å². The van der Waals surface area contributed by atoms with E-state index in [2.05, 4.69) is 20.2 Å². The SMILES string of the molecule is CC(C)(C)C(NC(=O)N1CCN(c2cnccn2)CC1)C(=O)c1ccc(Cl)cc1. The highest BCUT2D eigenvalue weighted by Gasteiger charge is 2.35. The van der Waals surface area contributed by atoms with E-state index in [1.807, 2.05) is 20.8 Å². The summed E-state index contributed by atoms with van der Waals surface area (Å²) in [5.74, 6) is 0.679. The van der Waals surface area contributed by atoms with Gasteiger partial charge in [0.05, 0.1) is 12.2 Å². The van der Waals surface area contributed by atoms with Crippen LogP contribution in [0.3, 0.4) is 0 Å². The summed E-state index contributed by atoms with van der Waals surface area (Å²) in [6, 6.07) is 5.87. The molecular weight excluding hydrogens is 390 g/mol. The van der Waals surface area contributed by atoms with Gasteiger partial charge < -0.3 is 15.1 Å². The molecule has 8 heteroatoms. The summed E-state index contributed by atoms with van der Waals surface area (Å²) in [4.78, 5) is 38.2. The maximum absolute atomic E-state index is 13.1. The van der Waals surface area contributed by atoms with Gasteiger partial charge in [-0.15, -0.1) is 0 Å². The Morgan fingerprint density at radius 2 is 1.72 bits per heavy atom. The fraction of sp³-hybridized carbons (Fsp3) is 0.429. The van der Waals surface area contributed by atoms with E-state index in [0.717, 1.165) is 5.82 Å². The summed E-state index contributed by atoms with van der Waals surface area (Å²) in [6.07, 6.45) is 5.01. The number of nitrogens with zero attached hydrogens (tertiary/aromatic N) is 4. The fourth-order valence-corrected chi connectivity index (χ4v) is 3.39. The lowest BCUT2D eigenvalue weighted by atomic mass is 9.82. The van der Waals surface area contributed by atoms with E-state index in [0.29, 0.717) is 36.8 Å². The zero-order chi connectivity index (χ0) is 21.0. The summed E-state index contributed by atoms with van der Waals surface area (Å²) in [5, 5.41) is 3.52. The number of piperazine rings is 1. The second-order valence-corrected chi connectivity index (χ2v) is 8.59. The summed E-state index contributed by atoms with van der Waals surface area (Å²) in [5.41, 5.74) is 0.0930. The van der Waals surface area contributed by atoms with Crippen molar-refractivity contribution in [2.24, 2.45) is 5.41 Å². The number of amides is 2. The first kappa shape index (κ1) is 21.0. The van der Waals surface area contributed by atoms with Gasteiger partial charge >= 0.3 is 6.03 Å². The lowest BCUT2D eigenvalue weighted by molar-refractivity contribution is 0.0862. The van der Waals surface area contributed by atoms with E-state index in [1.165, 1.54) is 0 Å². The largest absolute Gasteiger partial charge is 0.352 e. The van der Waals surface area contributed by atoms with Crippen LogP contribution in [0.1, 0.15) is 31.1 Å². The van der Waals surface area contributed by atoms with E-state index < -0.39 is 11.5 Å². The van der Waals surface area contributed by atoms with Crippen LogP contribution in [0.5, 0.6) is 0 Å². The molecule has 0 radical (unpaired) electrons. The predicted octanol–water partition coefficient (Wildman–Crippen LogP) is 3.26. The number of nitrogens with one attached hydrogen (secondary N) is 1. The molecule has 1 aromatic heterocycles. The van der Waals surface area contributed by atoms with Crippen LogP contribution >= 0.6 is 11.6 Å². The van der Waals surface area contributed by atoms with Gasteiger partial charge in [-0.2, -0.15) is 0 Å². The molecule has 1 aromatic carbocycles. The van der Waals surface area contributed by atoms with Crippen molar-refractivity contribution in [1.82, 2.24) is 20.2 Å². The lowest BCUT2D eigenvalue weighted by Crippen LogP contribution is -2.57. The van der Waals surface area contributed by atoms with Crippen molar-refractivity contribution >= 4 is 29.2 Å². The number of urea groups is 1. The fourth-order valence-electron chi connectivity index (χ4n) is 3.26. The molecule has 3 rings (SSSR count). The van der Waals surface area contributed by atoms with Crippen LogP contribution < -0.4 is 10.2 Å². The number of Topliss-reactive ketones (excluding diaryl/α,β-unsaturated/α-hetero) is 1. The minimum atomic E-state index is -0.644. The zero-order valence-corrected chi connectivity index (χ0v) is 17.7. The van der Waals surface area contributed by atoms with Gasteiger partial charge in [0.15, 0.2) is 5.78 Å². The number of carbonyl (C=O) groups is 2. The van der Waals surface area contributed by atoms with Crippen molar-refractivity contribution in [3.8, 4) is 0 Å². The molecule has 2 amide bonds. The molecule has 1 aliphatic rings. The second kappa shape index (κ2) is 8.78. The average molecular weight is 416 g/mol.